The van der Waals surface area contributed by atoms with Gasteiger partial charge < -0.3 is 9.47 Å². The van der Waals surface area contributed by atoms with E-state index in [-0.39, 0.29) is 29.0 Å². The standard InChI is InChI=1S/C18H20FNO4S/c1-13-7-9-15(10-8-13)25(21,22)20-17-6-2-5-16(19)18(17)24-12-14-4-3-11-23-14/h2,5-10,14,20H,3-4,11-12H2,1H3. The molecule has 1 unspecified atom stereocenters. The number of hydrogen-bond donors (Lipinski definition) is 1. The van der Waals surface area contributed by atoms with Crippen molar-refractivity contribution in [2.24, 2.45) is 0 Å². The van der Waals surface area contributed by atoms with Gasteiger partial charge in [-0.15, -0.1) is 0 Å². The van der Waals surface area contributed by atoms with E-state index in [1.54, 1.807) is 12.1 Å². The Kier molecular flexibility index (Phi) is 5.24. The normalized spacial score (nSPS) is 17.4. The molecule has 0 spiro atoms. The molecule has 7 heteroatoms. The third-order valence-corrected chi connectivity index (χ3v) is 5.36. The number of rotatable bonds is 6. The van der Waals surface area contributed by atoms with Crippen molar-refractivity contribution in [3.8, 4) is 5.75 Å². The second kappa shape index (κ2) is 7.41. The Labute approximate surface area is 146 Å². The van der Waals surface area contributed by atoms with E-state index < -0.39 is 15.8 Å². The van der Waals surface area contributed by atoms with Crippen LogP contribution in [0, 0.1) is 12.7 Å². The van der Waals surface area contributed by atoms with Gasteiger partial charge in [-0.2, -0.15) is 0 Å². The minimum atomic E-state index is -3.83. The highest BCUT2D eigenvalue weighted by Crippen LogP contribution is 2.30. The topological polar surface area (TPSA) is 64.6 Å². The van der Waals surface area contributed by atoms with Gasteiger partial charge >= 0.3 is 0 Å². The van der Waals surface area contributed by atoms with Crippen molar-refractivity contribution in [2.45, 2.75) is 30.8 Å². The van der Waals surface area contributed by atoms with Crippen LogP contribution in [0.2, 0.25) is 0 Å². The van der Waals surface area contributed by atoms with E-state index in [2.05, 4.69) is 4.72 Å². The molecule has 1 aliphatic rings. The molecule has 1 atom stereocenters. The van der Waals surface area contributed by atoms with Gasteiger partial charge in [0.25, 0.3) is 10.0 Å². The van der Waals surface area contributed by atoms with E-state index in [1.165, 1.54) is 30.3 Å². The van der Waals surface area contributed by atoms with Gasteiger partial charge in [-0.1, -0.05) is 23.8 Å². The molecule has 1 saturated heterocycles. The summed E-state index contributed by atoms with van der Waals surface area (Å²) in [5.74, 6) is -0.740. The van der Waals surface area contributed by atoms with Gasteiger partial charge in [0.15, 0.2) is 11.6 Å². The summed E-state index contributed by atoms with van der Waals surface area (Å²) in [6, 6.07) is 10.5. The van der Waals surface area contributed by atoms with Crippen LogP contribution >= 0.6 is 0 Å². The van der Waals surface area contributed by atoms with Crippen LogP contribution in [-0.4, -0.2) is 27.7 Å². The number of nitrogens with one attached hydrogen (secondary N) is 1. The van der Waals surface area contributed by atoms with Crippen LogP contribution < -0.4 is 9.46 Å². The lowest BCUT2D eigenvalue weighted by Gasteiger charge is -2.16. The third-order valence-electron chi connectivity index (χ3n) is 3.98. The molecule has 1 N–H and O–H groups in total. The quantitative estimate of drug-likeness (QED) is 0.851. The van der Waals surface area contributed by atoms with Crippen molar-refractivity contribution in [3.63, 3.8) is 0 Å². The fourth-order valence-corrected chi connectivity index (χ4v) is 3.67. The Morgan fingerprint density at radius 2 is 2.00 bits per heavy atom. The van der Waals surface area contributed by atoms with Crippen LogP contribution in [0.5, 0.6) is 5.75 Å². The number of sulfonamides is 1. The van der Waals surface area contributed by atoms with Crippen LogP contribution in [0.25, 0.3) is 0 Å². The third kappa shape index (κ3) is 4.29. The largest absolute Gasteiger partial charge is 0.486 e. The molecular formula is C18H20FNO4S. The molecule has 0 aliphatic carbocycles. The SMILES string of the molecule is Cc1ccc(S(=O)(=O)Nc2cccc(F)c2OCC2CCCO2)cc1. The van der Waals surface area contributed by atoms with E-state index >= 15 is 0 Å². The first-order chi connectivity index (χ1) is 12.0. The molecule has 0 radical (unpaired) electrons. The van der Waals surface area contributed by atoms with Crippen LogP contribution in [0.4, 0.5) is 10.1 Å². The van der Waals surface area contributed by atoms with Crippen molar-refractivity contribution in [2.75, 3.05) is 17.9 Å². The second-order valence-electron chi connectivity index (χ2n) is 5.98. The minimum Gasteiger partial charge on any atom is -0.486 e. The number of para-hydroxylation sites is 1. The predicted octanol–water partition coefficient (Wildman–Crippen LogP) is 3.49. The minimum absolute atomic E-state index is 0.0681. The molecule has 2 aromatic carbocycles. The Balaban J connectivity index is 1.81. The average Bonchev–Trinajstić information content (AvgIpc) is 3.08. The summed E-state index contributed by atoms with van der Waals surface area (Å²) < 4.78 is 52.6. The Morgan fingerprint density at radius 3 is 2.68 bits per heavy atom. The number of benzene rings is 2. The number of halogens is 1. The first kappa shape index (κ1) is 17.7. The van der Waals surface area contributed by atoms with Crippen molar-refractivity contribution in [1.82, 2.24) is 0 Å². The number of hydrogen-bond acceptors (Lipinski definition) is 4. The molecule has 5 nitrogen and oxygen atoms in total. The number of anilines is 1. The van der Waals surface area contributed by atoms with Crippen LogP contribution in [0.15, 0.2) is 47.4 Å². The first-order valence-corrected chi connectivity index (χ1v) is 9.56. The van der Waals surface area contributed by atoms with Crippen LogP contribution in [-0.2, 0) is 14.8 Å². The van der Waals surface area contributed by atoms with E-state index in [0.29, 0.717) is 6.61 Å². The second-order valence-corrected chi connectivity index (χ2v) is 7.66. The van der Waals surface area contributed by atoms with Gasteiger partial charge in [0.05, 0.1) is 16.7 Å². The van der Waals surface area contributed by atoms with E-state index in [0.717, 1.165) is 18.4 Å². The zero-order valence-electron chi connectivity index (χ0n) is 13.9. The number of ether oxygens (including phenoxy) is 2. The average molecular weight is 365 g/mol. The van der Waals surface area contributed by atoms with Gasteiger partial charge in [0, 0.05) is 6.61 Å². The molecule has 25 heavy (non-hydrogen) atoms. The smallest absolute Gasteiger partial charge is 0.262 e. The molecule has 134 valence electrons. The summed E-state index contributed by atoms with van der Waals surface area (Å²) in [4.78, 5) is 0.104. The molecule has 3 rings (SSSR count). The summed E-state index contributed by atoms with van der Waals surface area (Å²) in [6.07, 6.45) is 1.69. The molecule has 0 bridgehead atoms. The number of aryl methyl sites for hydroxylation is 1. The van der Waals surface area contributed by atoms with Crippen molar-refractivity contribution in [1.29, 1.82) is 0 Å². The van der Waals surface area contributed by atoms with Gasteiger partial charge in [0.1, 0.15) is 6.61 Å². The summed E-state index contributed by atoms with van der Waals surface area (Å²) in [6.45, 7) is 2.71. The lowest BCUT2D eigenvalue weighted by molar-refractivity contribution is 0.0669. The Bertz CT molecular complexity index is 831. The van der Waals surface area contributed by atoms with Gasteiger partial charge in [-0.3, -0.25) is 4.72 Å². The Hall–Kier alpha value is -2.12. The van der Waals surface area contributed by atoms with Crippen molar-refractivity contribution < 1.29 is 22.3 Å². The predicted molar refractivity (Wildman–Crippen MR) is 92.9 cm³/mol. The lowest BCUT2D eigenvalue weighted by Crippen LogP contribution is -2.19. The van der Waals surface area contributed by atoms with Gasteiger partial charge in [0.2, 0.25) is 0 Å². The molecule has 0 amide bonds. The monoisotopic (exact) mass is 365 g/mol. The zero-order chi connectivity index (χ0) is 17.9. The first-order valence-electron chi connectivity index (χ1n) is 8.08. The Morgan fingerprint density at radius 1 is 1.24 bits per heavy atom. The summed E-state index contributed by atoms with van der Waals surface area (Å²) in [7, 11) is -3.83. The van der Waals surface area contributed by atoms with Gasteiger partial charge in [-0.25, -0.2) is 12.8 Å². The lowest BCUT2D eigenvalue weighted by atomic mass is 10.2. The fourth-order valence-electron chi connectivity index (χ4n) is 2.61. The summed E-state index contributed by atoms with van der Waals surface area (Å²) >= 11 is 0. The molecule has 1 heterocycles. The van der Waals surface area contributed by atoms with E-state index in [1.807, 2.05) is 6.92 Å². The summed E-state index contributed by atoms with van der Waals surface area (Å²) in [5, 5.41) is 0. The molecule has 1 fully saturated rings. The molecular weight excluding hydrogens is 345 g/mol. The van der Waals surface area contributed by atoms with Gasteiger partial charge in [-0.05, 0) is 44.0 Å². The van der Waals surface area contributed by atoms with E-state index in [4.69, 9.17) is 9.47 Å². The van der Waals surface area contributed by atoms with Crippen molar-refractivity contribution in [3.05, 3.63) is 53.8 Å². The van der Waals surface area contributed by atoms with Crippen LogP contribution in [0.3, 0.4) is 0 Å². The zero-order valence-corrected chi connectivity index (χ0v) is 14.7. The highest BCUT2D eigenvalue weighted by atomic mass is 32.2. The van der Waals surface area contributed by atoms with Crippen LogP contribution in [0.1, 0.15) is 18.4 Å². The fraction of sp³-hybridized carbons (Fsp3) is 0.333. The molecule has 2 aromatic rings. The maximum Gasteiger partial charge on any atom is 0.262 e. The molecule has 0 saturated carbocycles. The maximum absolute atomic E-state index is 14.2. The summed E-state index contributed by atoms with van der Waals surface area (Å²) in [5.41, 5.74) is 1.02. The molecule has 0 aromatic heterocycles. The van der Waals surface area contributed by atoms with E-state index in [9.17, 15) is 12.8 Å². The highest BCUT2D eigenvalue weighted by Gasteiger charge is 2.21. The highest BCUT2D eigenvalue weighted by molar-refractivity contribution is 7.92. The van der Waals surface area contributed by atoms with Crippen molar-refractivity contribution >= 4 is 15.7 Å². The molecule has 1 aliphatic heterocycles. The maximum atomic E-state index is 14.2.